The van der Waals surface area contributed by atoms with E-state index >= 15 is 0 Å². The summed E-state index contributed by atoms with van der Waals surface area (Å²) in [4.78, 5) is 0. The van der Waals surface area contributed by atoms with Crippen LogP contribution < -0.4 is 5.32 Å². The molecule has 1 aliphatic carbocycles. The molecule has 0 heterocycles. The summed E-state index contributed by atoms with van der Waals surface area (Å²) in [7, 11) is -0.190. The minimum absolute atomic E-state index is 0.190. The predicted molar refractivity (Wildman–Crippen MR) is 127 cm³/mol. The number of unbranched alkanes of at least 4 members (excludes halogenated alkanes) is 1. The van der Waals surface area contributed by atoms with Crippen LogP contribution in [0.15, 0.2) is 60.7 Å². The fraction of sp³-hybridized carbons (Fsp3) is 0.600. The van der Waals surface area contributed by atoms with Crippen molar-refractivity contribution in [2.45, 2.75) is 96.3 Å². The van der Waals surface area contributed by atoms with Gasteiger partial charge >= 0.3 is 0 Å². The molecule has 1 rings (SSSR count). The average molecular weight is 388 g/mol. The van der Waals surface area contributed by atoms with Gasteiger partial charge in [-0.25, -0.2) is 0 Å². The molecule has 1 aliphatic rings. The Bertz CT molecular complexity index is 508. The third kappa shape index (κ3) is 8.65. The van der Waals surface area contributed by atoms with E-state index in [2.05, 4.69) is 63.5 Å². The maximum atomic E-state index is 3.96. The molecule has 0 spiro atoms. The van der Waals surface area contributed by atoms with Gasteiger partial charge in [-0.05, 0) is 62.5 Å². The first-order valence-corrected chi connectivity index (χ1v) is 12.5. The van der Waals surface area contributed by atoms with Crippen molar-refractivity contribution in [3.05, 3.63) is 60.7 Å². The SMILES string of the molecule is C=C/C=C(\C=C/C)N/C(=C\CC=C)P(C(CC)CCCC)C1CCCCC1. The summed E-state index contributed by atoms with van der Waals surface area (Å²) in [6.07, 6.45) is 26.0. The number of rotatable bonds is 13. The third-order valence-electron chi connectivity index (χ3n) is 5.40. The van der Waals surface area contributed by atoms with Crippen molar-refractivity contribution in [2.75, 3.05) is 0 Å². The number of hydrogen-bond acceptors (Lipinski definition) is 1. The molecule has 1 nitrogen and oxygen atoms in total. The highest BCUT2D eigenvalue weighted by Crippen LogP contribution is 2.59. The molecule has 0 aromatic carbocycles. The highest BCUT2D eigenvalue weighted by molar-refractivity contribution is 7.63. The van der Waals surface area contributed by atoms with Crippen LogP contribution in [-0.2, 0) is 0 Å². The van der Waals surface area contributed by atoms with Crippen LogP contribution in [0.25, 0.3) is 0 Å². The van der Waals surface area contributed by atoms with Crippen molar-refractivity contribution >= 4 is 7.92 Å². The first-order valence-electron chi connectivity index (χ1n) is 11.0. The van der Waals surface area contributed by atoms with Crippen LogP contribution in [0.3, 0.4) is 0 Å². The summed E-state index contributed by atoms with van der Waals surface area (Å²) in [5.74, 6) is 0. The predicted octanol–water partition coefficient (Wildman–Crippen LogP) is 8.42. The van der Waals surface area contributed by atoms with Gasteiger partial charge in [-0.2, -0.15) is 0 Å². The van der Waals surface area contributed by atoms with E-state index < -0.39 is 0 Å². The molecular weight excluding hydrogens is 345 g/mol. The van der Waals surface area contributed by atoms with Crippen LogP contribution >= 0.6 is 7.92 Å². The van der Waals surface area contributed by atoms with Crippen LogP contribution in [0.1, 0.15) is 85.0 Å². The minimum atomic E-state index is -0.190. The van der Waals surface area contributed by atoms with Crippen LogP contribution in [0.4, 0.5) is 0 Å². The normalized spacial score (nSPS) is 19.1. The molecule has 1 saturated carbocycles. The van der Waals surface area contributed by atoms with E-state index in [0.717, 1.165) is 23.4 Å². The van der Waals surface area contributed by atoms with E-state index in [0.29, 0.717) is 0 Å². The Balaban J connectivity index is 3.23. The van der Waals surface area contributed by atoms with Crippen LogP contribution in [-0.4, -0.2) is 11.3 Å². The van der Waals surface area contributed by atoms with Gasteiger partial charge in [-0.1, -0.05) is 84.8 Å². The van der Waals surface area contributed by atoms with Gasteiger partial charge < -0.3 is 5.32 Å². The molecule has 2 heteroatoms. The zero-order valence-corrected chi connectivity index (χ0v) is 18.9. The van der Waals surface area contributed by atoms with E-state index in [9.17, 15) is 0 Å². The zero-order chi connectivity index (χ0) is 19.9. The molecule has 0 saturated heterocycles. The van der Waals surface area contributed by atoms with E-state index in [1.54, 1.807) is 0 Å². The zero-order valence-electron chi connectivity index (χ0n) is 18.1. The molecule has 2 atom stereocenters. The van der Waals surface area contributed by atoms with Gasteiger partial charge in [0.15, 0.2) is 0 Å². The highest BCUT2D eigenvalue weighted by atomic mass is 31.1. The second kappa shape index (κ2) is 14.9. The molecule has 2 unspecified atom stereocenters. The number of nitrogens with one attached hydrogen (secondary N) is 1. The molecule has 0 amide bonds. The summed E-state index contributed by atoms with van der Waals surface area (Å²) in [6, 6.07) is 0. The van der Waals surface area contributed by atoms with E-state index in [-0.39, 0.29) is 7.92 Å². The molecule has 0 bridgehead atoms. The summed E-state index contributed by atoms with van der Waals surface area (Å²) in [6.45, 7) is 14.7. The maximum absolute atomic E-state index is 3.96. The van der Waals surface area contributed by atoms with E-state index in [1.165, 1.54) is 63.2 Å². The fourth-order valence-corrected chi connectivity index (χ4v) is 7.77. The van der Waals surface area contributed by atoms with Crippen molar-refractivity contribution in [3.63, 3.8) is 0 Å². The second-order valence-corrected chi connectivity index (χ2v) is 10.3. The fourth-order valence-electron chi connectivity index (χ4n) is 4.04. The van der Waals surface area contributed by atoms with E-state index in [1.807, 2.05) is 12.2 Å². The average Bonchev–Trinajstić information content (AvgIpc) is 2.69. The molecule has 0 radical (unpaired) electrons. The number of hydrogen-bond donors (Lipinski definition) is 1. The lowest BCUT2D eigenvalue weighted by molar-refractivity contribution is 0.506. The maximum Gasteiger partial charge on any atom is 0.0380 e. The molecule has 0 aromatic heterocycles. The van der Waals surface area contributed by atoms with Gasteiger partial charge in [0.05, 0.1) is 0 Å². The van der Waals surface area contributed by atoms with Gasteiger partial charge in [0.25, 0.3) is 0 Å². The molecule has 0 aliphatic heterocycles. The van der Waals surface area contributed by atoms with E-state index in [4.69, 9.17) is 0 Å². The first kappa shape index (κ1) is 24.0. The minimum Gasteiger partial charge on any atom is -0.356 e. The van der Waals surface area contributed by atoms with Crippen molar-refractivity contribution in [2.24, 2.45) is 0 Å². The lowest BCUT2D eigenvalue weighted by atomic mass is 10.0. The monoisotopic (exact) mass is 387 g/mol. The van der Waals surface area contributed by atoms with Gasteiger partial charge in [0.2, 0.25) is 0 Å². The van der Waals surface area contributed by atoms with Crippen molar-refractivity contribution < 1.29 is 0 Å². The van der Waals surface area contributed by atoms with Gasteiger partial charge in [-0.15, -0.1) is 6.58 Å². The van der Waals surface area contributed by atoms with Crippen molar-refractivity contribution in [1.82, 2.24) is 5.32 Å². The standard InChI is InChI=1S/C25H42NP/c1-6-11-18-23(10-5)27(24-19-14-13-15-20-24)25(21-12-7-2)26-22(16-8-3)17-9-4/h7-9,16-17,21,23-24,26H,2-3,6,10-15,18-20H2,1,4-5H3/b17-9-,22-16+,25-21+. The summed E-state index contributed by atoms with van der Waals surface area (Å²) >= 11 is 0. The highest BCUT2D eigenvalue weighted by Gasteiger charge is 2.31. The topological polar surface area (TPSA) is 12.0 Å². The molecular formula is C25H42NP. The summed E-state index contributed by atoms with van der Waals surface area (Å²) in [5.41, 5.74) is 4.32. The van der Waals surface area contributed by atoms with Crippen LogP contribution in [0.2, 0.25) is 0 Å². The molecule has 1 fully saturated rings. The van der Waals surface area contributed by atoms with Crippen LogP contribution in [0, 0.1) is 0 Å². The molecule has 27 heavy (non-hydrogen) atoms. The smallest absolute Gasteiger partial charge is 0.0380 e. The Morgan fingerprint density at radius 2 is 1.93 bits per heavy atom. The Kier molecular flexibility index (Phi) is 13.2. The quantitative estimate of drug-likeness (QED) is 0.190. The molecule has 152 valence electrons. The van der Waals surface area contributed by atoms with Crippen molar-refractivity contribution in [1.29, 1.82) is 0 Å². The first-order chi connectivity index (χ1) is 13.2. The molecule has 1 N–H and O–H groups in total. The summed E-state index contributed by atoms with van der Waals surface area (Å²) < 4.78 is 0. The lowest BCUT2D eigenvalue weighted by Gasteiger charge is -2.38. The van der Waals surface area contributed by atoms with Gasteiger partial charge in [0.1, 0.15) is 0 Å². The Morgan fingerprint density at radius 1 is 1.19 bits per heavy atom. The Hall–Kier alpha value is -1.07. The van der Waals surface area contributed by atoms with Crippen LogP contribution in [0.5, 0.6) is 0 Å². The van der Waals surface area contributed by atoms with Gasteiger partial charge in [-0.3, -0.25) is 0 Å². The Labute approximate surface area is 170 Å². The summed E-state index contributed by atoms with van der Waals surface area (Å²) in [5, 5.41) is 3.82. The van der Waals surface area contributed by atoms with Gasteiger partial charge in [0, 0.05) is 11.1 Å². The second-order valence-electron chi connectivity index (χ2n) is 7.50. The lowest BCUT2D eigenvalue weighted by Crippen LogP contribution is -2.24. The molecule has 0 aromatic rings. The Morgan fingerprint density at radius 3 is 2.48 bits per heavy atom. The van der Waals surface area contributed by atoms with Crippen molar-refractivity contribution in [3.8, 4) is 0 Å². The largest absolute Gasteiger partial charge is 0.356 e. The third-order valence-corrected chi connectivity index (χ3v) is 8.96. The number of allylic oxidation sites excluding steroid dienone is 6.